The Hall–Kier alpha value is -3.58. The maximum absolute atomic E-state index is 14.0. The molecule has 232 valence electrons. The predicted octanol–water partition coefficient (Wildman–Crippen LogP) is 6.19. The van der Waals surface area contributed by atoms with Crippen LogP contribution in [0.25, 0.3) is 5.65 Å². The van der Waals surface area contributed by atoms with Crippen LogP contribution >= 0.6 is 0 Å². The summed E-state index contributed by atoms with van der Waals surface area (Å²) in [5, 5.41) is 14.0. The molecule has 3 aromatic heterocycles. The van der Waals surface area contributed by atoms with Crippen molar-refractivity contribution in [2.24, 2.45) is 11.8 Å². The van der Waals surface area contributed by atoms with E-state index in [4.69, 9.17) is 9.51 Å². The molecule has 2 N–H and O–H groups in total. The number of fused-ring (bicyclic) bond motifs is 1. The number of halogens is 5. The number of carbonyl (C=O) groups is 2. The van der Waals surface area contributed by atoms with E-state index in [0.717, 1.165) is 32.1 Å². The molecule has 2 amide bonds. The molecule has 3 aromatic rings. The van der Waals surface area contributed by atoms with Crippen molar-refractivity contribution < 1.29 is 36.1 Å². The van der Waals surface area contributed by atoms with Gasteiger partial charge in [-0.3, -0.25) is 9.59 Å². The van der Waals surface area contributed by atoms with Gasteiger partial charge in [0.05, 0.1) is 42.8 Å². The molecule has 9 nitrogen and oxygen atoms in total. The molecule has 0 aromatic carbocycles. The van der Waals surface area contributed by atoms with Crippen molar-refractivity contribution in [3.05, 3.63) is 47.2 Å². The Balaban J connectivity index is 1.26. The molecule has 1 unspecified atom stereocenters. The third kappa shape index (κ3) is 6.82. The molecule has 6 rings (SSSR count). The van der Waals surface area contributed by atoms with E-state index < -0.39 is 48.8 Å². The molecule has 3 heterocycles. The van der Waals surface area contributed by atoms with Crippen molar-refractivity contribution in [1.82, 2.24) is 30.4 Å². The fourth-order valence-corrected chi connectivity index (χ4v) is 6.08. The monoisotopic (exact) mass is 608 g/mol. The minimum Gasteiger partial charge on any atom is -0.360 e. The van der Waals surface area contributed by atoms with Crippen LogP contribution in [0, 0.1) is 11.8 Å². The second-order valence-electron chi connectivity index (χ2n) is 12.1. The molecular weight excluding hydrogens is 575 g/mol. The second-order valence-corrected chi connectivity index (χ2v) is 12.1. The number of aromatic nitrogens is 4. The molecule has 2 atom stereocenters. The van der Waals surface area contributed by atoms with Gasteiger partial charge in [0.25, 0.3) is 5.91 Å². The molecule has 0 spiro atoms. The summed E-state index contributed by atoms with van der Waals surface area (Å²) < 4.78 is 72.9. The molecule has 3 aliphatic carbocycles. The number of rotatable bonds is 10. The number of nitrogens with one attached hydrogen (secondary N) is 2. The first kappa shape index (κ1) is 29.5. The van der Waals surface area contributed by atoms with Crippen molar-refractivity contribution in [3.8, 4) is 0 Å². The van der Waals surface area contributed by atoms with E-state index in [1.807, 2.05) is 0 Å². The van der Waals surface area contributed by atoms with Gasteiger partial charge in [-0.05, 0) is 62.0 Å². The highest BCUT2D eigenvalue weighted by Gasteiger charge is 2.40. The minimum atomic E-state index is -4.43. The van der Waals surface area contributed by atoms with E-state index in [-0.39, 0.29) is 43.4 Å². The zero-order valence-electron chi connectivity index (χ0n) is 23.4. The maximum Gasteiger partial charge on any atom is 0.389 e. The van der Waals surface area contributed by atoms with Gasteiger partial charge in [0.15, 0.2) is 11.4 Å². The number of carbonyl (C=O) groups excluding carboxylic acids is 2. The summed E-state index contributed by atoms with van der Waals surface area (Å²) in [4.78, 5) is 30.5. The van der Waals surface area contributed by atoms with E-state index >= 15 is 0 Å². The summed E-state index contributed by atoms with van der Waals surface area (Å²) in [6.45, 7) is 0. The fraction of sp³-hybridized carbons (Fsp3) is 0.621. The zero-order chi connectivity index (χ0) is 30.4. The quantitative estimate of drug-likeness (QED) is 0.265. The maximum atomic E-state index is 14.0. The topological polar surface area (TPSA) is 114 Å². The van der Waals surface area contributed by atoms with E-state index in [1.165, 1.54) is 10.7 Å². The summed E-state index contributed by atoms with van der Waals surface area (Å²) in [5.41, 5.74) is 1.80. The number of amides is 2. The third-order valence-corrected chi connectivity index (χ3v) is 8.92. The van der Waals surface area contributed by atoms with Gasteiger partial charge in [-0.25, -0.2) is 18.3 Å². The minimum absolute atomic E-state index is 0.0636. The first-order valence-electron chi connectivity index (χ1n) is 14.8. The van der Waals surface area contributed by atoms with Crippen molar-refractivity contribution in [3.63, 3.8) is 0 Å². The SMILES string of the molecule is O=C(CCC(F)(F)F)NC(c1cnn2cc([C@@H](NC(=O)c3cnoc3C3CC3)C3CCC(F)(F)CC3)nc2c1)C1CCC1. The van der Waals surface area contributed by atoms with Gasteiger partial charge in [0.2, 0.25) is 11.8 Å². The Kier molecular flexibility index (Phi) is 7.88. The highest BCUT2D eigenvalue weighted by atomic mass is 19.4. The van der Waals surface area contributed by atoms with Gasteiger partial charge < -0.3 is 15.2 Å². The van der Waals surface area contributed by atoms with Gasteiger partial charge in [0, 0.05) is 25.2 Å². The number of hydrogen-bond acceptors (Lipinski definition) is 6. The number of alkyl halides is 5. The summed E-state index contributed by atoms with van der Waals surface area (Å²) in [5.74, 6) is -3.43. The largest absolute Gasteiger partial charge is 0.389 e. The molecule has 0 bridgehead atoms. The van der Waals surface area contributed by atoms with Crippen LogP contribution in [0.2, 0.25) is 0 Å². The van der Waals surface area contributed by atoms with Crippen LogP contribution in [0.4, 0.5) is 22.0 Å². The molecular formula is C29H33F5N6O3. The fourth-order valence-electron chi connectivity index (χ4n) is 6.08. The predicted molar refractivity (Wildman–Crippen MR) is 142 cm³/mol. The summed E-state index contributed by atoms with van der Waals surface area (Å²) in [6, 6.07) is 0.528. The summed E-state index contributed by atoms with van der Waals surface area (Å²) in [7, 11) is 0. The van der Waals surface area contributed by atoms with Crippen molar-refractivity contribution >= 4 is 17.5 Å². The third-order valence-electron chi connectivity index (χ3n) is 8.92. The van der Waals surface area contributed by atoms with Crippen molar-refractivity contribution in [2.75, 3.05) is 0 Å². The smallest absolute Gasteiger partial charge is 0.360 e. The average molecular weight is 609 g/mol. The van der Waals surface area contributed by atoms with Gasteiger partial charge in [0.1, 0.15) is 5.56 Å². The standard InChI is InChI=1S/C29H33F5N6O3/c30-28(31)9-6-17(7-10-28)25(39-27(42)20-14-36-43-26(20)18-4-5-18)21-15-40-22(37-21)12-19(13-35-40)24(16-2-1-3-16)38-23(41)8-11-29(32,33)34/h12-18,24-25H,1-11H2,(H,38,41)(H,39,42)/t24?,25-/m0/s1. The lowest BCUT2D eigenvalue weighted by molar-refractivity contribution is -0.144. The first-order valence-corrected chi connectivity index (χ1v) is 14.8. The molecule has 43 heavy (non-hydrogen) atoms. The van der Waals surface area contributed by atoms with E-state index in [9.17, 15) is 31.5 Å². The van der Waals surface area contributed by atoms with Crippen molar-refractivity contribution in [1.29, 1.82) is 0 Å². The molecule has 3 fully saturated rings. The number of imidazole rings is 1. The molecule has 14 heteroatoms. The van der Waals surface area contributed by atoms with Crippen LogP contribution in [0.15, 0.2) is 29.2 Å². The Morgan fingerprint density at radius 1 is 1.02 bits per heavy atom. The highest BCUT2D eigenvalue weighted by molar-refractivity contribution is 5.95. The van der Waals surface area contributed by atoms with Crippen LogP contribution in [-0.4, -0.2) is 43.7 Å². The zero-order valence-corrected chi connectivity index (χ0v) is 23.4. The number of nitrogens with zero attached hydrogens (tertiary/aromatic N) is 4. The lowest BCUT2D eigenvalue weighted by atomic mass is 9.77. The van der Waals surface area contributed by atoms with Gasteiger partial charge >= 0.3 is 6.18 Å². The average Bonchev–Trinajstić information content (AvgIpc) is 3.48. The van der Waals surface area contributed by atoms with Crippen molar-refractivity contribution in [2.45, 2.75) is 101 Å². The van der Waals surface area contributed by atoms with Crippen LogP contribution in [0.3, 0.4) is 0 Å². The molecule has 0 saturated heterocycles. The summed E-state index contributed by atoms with van der Waals surface area (Å²) in [6.07, 6.45) is 2.49. The van der Waals surface area contributed by atoms with Crippen LogP contribution in [0.5, 0.6) is 0 Å². The van der Waals surface area contributed by atoms with Crippen LogP contribution in [0.1, 0.15) is 116 Å². The normalized spacial score (nSPS) is 20.9. The lowest BCUT2D eigenvalue weighted by Gasteiger charge is -2.34. The van der Waals surface area contributed by atoms with E-state index in [2.05, 4.69) is 20.9 Å². The van der Waals surface area contributed by atoms with Gasteiger partial charge in [-0.2, -0.15) is 18.3 Å². The molecule has 0 radical (unpaired) electrons. The Morgan fingerprint density at radius 2 is 1.74 bits per heavy atom. The highest BCUT2D eigenvalue weighted by Crippen LogP contribution is 2.44. The van der Waals surface area contributed by atoms with Gasteiger partial charge in [-0.1, -0.05) is 11.6 Å². The second kappa shape index (κ2) is 11.5. The molecule has 3 aliphatic rings. The van der Waals surface area contributed by atoms with E-state index in [1.54, 1.807) is 18.5 Å². The van der Waals surface area contributed by atoms with Crippen LogP contribution in [-0.2, 0) is 4.79 Å². The Labute approximate surface area is 244 Å². The van der Waals surface area contributed by atoms with Crippen LogP contribution < -0.4 is 10.6 Å². The lowest BCUT2D eigenvalue weighted by Crippen LogP contribution is -2.37. The first-order chi connectivity index (χ1) is 20.5. The van der Waals surface area contributed by atoms with Gasteiger partial charge in [-0.15, -0.1) is 0 Å². The Morgan fingerprint density at radius 3 is 2.40 bits per heavy atom. The molecule has 3 saturated carbocycles. The van der Waals surface area contributed by atoms with E-state index in [0.29, 0.717) is 28.2 Å². The molecule has 0 aliphatic heterocycles. The summed E-state index contributed by atoms with van der Waals surface area (Å²) >= 11 is 0. The number of hydrogen-bond donors (Lipinski definition) is 2. The Bertz CT molecular complexity index is 1470.